The van der Waals surface area contributed by atoms with E-state index in [4.69, 9.17) is 5.11 Å². The van der Waals surface area contributed by atoms with Crippen LogP contribution >= 0.6 is 0 Å². The van der Waals surface area contributed by atoms with Crippen molar-refractivity contribution in [1.29, 1.82) is 0 Å². The molecule has 0 aromatic rings. The summed E-state index contributed by atoms with van der Waals surface area (Å²) >= 11 is 0. The van der Waals surface area contributed by atoms with Crippen molar-refractivity contribution < 1.29 is 23.1 Å². The molecule has 6 heteroatoms. The number of aliphatic carboxylic acids is 1. The summed E-state index contributed by atoms with van der Waals surface area (Å²) in [5, 5.41) is 8.61. The van der Waals surface area contributed by atoms with Gasteiger partial charge >= 0.3 is 12.1 Å². The van der Waals surface area contributed by atoms with Crippen molar-refractivity contribution in [2.45, 2.75) is 26.4 Å². The van der Waals surface area contributed by atoms with E-state index in [-0.39, 0.29) is 13.1 Å². The van der Waals surface area contributed by atoms with Crippen molar-refractivity contribution in [2.75, 3.05) is 19.6 Å². The van der Waals surface area contributed by atoms with Gasteiger partial charge in [-0.2, -0.15) is 13.2 Å². The normalized spacial score (nSPS) is 14.3. The molecule has 1 atom stereocenters. The van der Waals surface area contributed by atoms with E-state index in [0.717, 1.165) is 0 Å². The Labute approximate surface area is 86.9 Å². The molecule has 0 rings (SSSR count). The molecule has 3 nitrogen and oxygen atoms in total. The molecule has 1 N–H and O–H groups in total. The van der Waals surface area contributed by atoms with Crippen LogP contribution in [0.1, 0.15) is 20.3 Å². The van der Waals surface area contributed by atoms with Gasteiger partial charge in [0.2, 0.25) is 0 Å². The zero-order valence-corrected chi connectivity index (χ0v) is 8.84. The molecule has 0 aliphatic carbocycles. The summed E-state index contributed by atoms with van der Waals surface area (Å²) in [5.74, 6) is -1.63. The summed E-state index contributed by atoms with van der Waals surface area (Å²) in [6, 6.07) is 0. The fourth-order valence-electron chi connectivity index (χ4n) is 1.13. The third kappa shape index (κ3) is 7.18. The molecular formula is C9H16F3NO2. The van der Waals surface area contributed by atoms with E-state index in [2.05, 4.69) is 0 Å². The van der Waals surface area contributed by atoms with Gasteiger partial charge < -0.3 is 10.0 Å². The summed E-state index contributed by atoms with van der Waals surface area (Å²) < 4.78 is 35.7. The Bertz CT molecular complexity index is 206. The fraction of sp³-hybridized carbons (Fsp3) is 0.889. The smallest absolute Gasteiger partial charge is 0.390 e. The van der Waals surface area contributed by atoms with Crippen LogP contribution in [0.5, 0.6) is 0 Å². The molecule has 0 saturated heterocycles. The molecule has 90 valence electrons. The number of alkyl halides is 3. The van der Waals surface area contributed by atoms with Crippen molar-refractivity contribution in [3.63, 3.8) is 0 Å². The highest BCUT2D eigenvalue weighted by Crippen LogP contribution is 2.19. The highest BCUT2D eigenvalue weighted by atomic mass is 19.4. The van der Waals surface area contributed by atoms with Crippen molar-refractivity contribution in [2.24, 2.45) is 5.92 Å². The van der Waals surface area contributed by atoms with Gasteiger partial charge in [-0.1, -0.05) is 13.8 Å². The zero-order valence-electron chi connectivity index (χ0n) is 8.84. The Morgan fingerprint density at radius 2 is 2.00 bits per heavy atom. The summed E-state index contributed by atoms with van der Waals surface area (Å²) in [4.78, 5) is 12.0. The summed E-state index contributed by atoms with van der Waals surface area (Å²) in [7, 11) is 0. The molecule has 1 unspecified atom stereocenters. The maximum absolute atomic E-state index is 11.9. The third-order valence-corrected chi connectivity index (χ3v) is 2.11. The van der Waals surface area contributed by atoms with Crippen LogP contribution in [0.2, 0.25) is 0 Å². The van der Waals surface area contributed by atoms with Gasteiger partial charge in [-0.25, -0.2) is 0 Å². The molecule has 0 aromatic heterocycles. The Morgan fingerprint density at radius 1 is 1.47 bits per heavy atom. The molecule has 15 heavy (non-hydrogen) atoms. The Morgan fingerprint density at radius 3 is 2.33 bits per heavy atom. The summed E-state index contributed by atoms with van der Waals surface area (Å²) in [6.45, 7) is 3.64. The number of halogens is 3. The molecule has 0 fully saturated rings. The summed E-state index contributed by atoms with van der Waals surface area (Å²) in [5.41, 5.74) is 0. The number of carboxylic acids is 1. The first-order valence-electron chi connectivity index (χ1n) is 4.78. The monoisotopic (exact) mass is 227 g/mol. The number of hydrogen-bond acceptors (Lipinski definition) is 2. The Kier molecular flexibility index (Phi) is 5.64. The number of carbonyl (C=O) groups is 1. The lowest BCUT2D eigenvalue weighted by Crippen LogP contribution is -2.34. The lowest BCUT2D eigenvalue weighted by Gasteiger charge is -2.22. The quantitative estimate of drug-likeness (QED) is 0.754. The highest BCUT2D eigenvalue weighted by molar-refractivity contribution is 5.69. The molecule has 0 radical (unpaired) electrons. The molecule has 0 aromatic carbocycles. The van der Waals surface area contributed by atoms with Gasteiger partial charge in [0.25, 0.3) is 0 Å². The first-order chi connectivity index (χ1) is 6.76. The number of rotatable bonds is 6. The average Bonchev–Trinajstić information content (AvgIpc) is 2.10. The minimum absolute atomic E-state index is 0.141. The molecule has 0 aliphatic heterocycles. The lowest BCUT2D eigenvalue weighted by atomic mass is 10.1. The molecule has 0 spiro atoms. The minimum Gasteiger partial charge on any atom is -0.481 e. The van der Waals surface area contributed by atoms with Crippen molar-refractivity contribution in [3.8, 4) is 0 Å². The topological polar surface area (TPSA) is 40.5 Å². The molecule has 0 heterocycles. The van der Waals surface area contributed by atoms with E-state index in [9.17, 15) is 18.0 Å². The maximum atomic E-state index is 11.9. The molecule has 0 aliphatic rings. The van der Waals surface area contributed by atoms with Crippen molar-refractivity contribution >= 4 is 5.97 Å². The third-order valence-electron chi connectivity index (χ3n) is 2.11. The van der Waals surface area contributed by atoms with Crippen LogP contribution in [-0.4, -0.2) is 41.8 Å². The van der Waals surface area contributed by atoms with E-state index in [1.54, 1.807) is 6.92 Å². The van der Waals surface area contributed by atoms with E-state index < -0.39 is 24.5 Å². The number of hydrogen-bond donors (Lipinski definition) is 1. The second kappa shape index (κ2) is 5.95. The predicted octanol–water partition coefficient (Wildman–Crippen LogP) is 1.98. The van der Waals surface area contributed by atoms with Gasteiger partial charge in [0.1, 0.15) is 0 Å². The van der Waals surface area contributed by atoms with Gasteiger partial charge in [0.05, 0.1) is 12.3 Å². The van der Waals surface area contributed by atoms with Crippen molar-refractivity contribution in [1.82, 2.24) is 4.90 Å². The van der Waals surface area contributed by atoms with Gasteiger partial charge in [0, 0.05) is 13.1 Å². The minimum atomic E-state index is -4.18. The lowest BCUT2D eigenvalue weighted by molar-refractivity contribution is -0.143. The van der Waals surface area contributed by atoms with E-state index >= 15 is 0 Å². The maximum Gasteiger partial charge on any atom is 0.390 e. The largest absolute Gasteiger partial charge is 0.481 e. The first kappa shape index (κ1) is 14.2. The van der Waals surface area contributed by atoms with Gasteiger partial charge in [-0.3, -0.25) is 4.79 Å². The van der Waals surface area contributed by atoms with Gasteiger partial charge in [0.15, 0.2) is 0 Å². The van der Waals surface area contributed by atoms with Crippen LogP contribution in [0.15, 0.2) is 0 Å². The van der Waals surface area contributed by atoms with Crippen LogP contribution in [0, 0.1) is 5.92 Å². The summed E-state index contributed by atoms with van der Waals surface area (Å²) in [6.07, 6.45) is -5.08. The second-order valence-electron chi connectivity index (χ2n) is 3.50. The van der Waals surface area contributed by atoms with E-state index in [1.165, 1.54) is 11.8 Å². The Hall–Kier alpha value is -0.780. The van der Waals surface area contributed by atoms with Crippen LogP contribution in [0.25, 0.3) is 0 Å². The standard InChI is InChI=1S/C9H16F3NO2/c1-3-13(5-4-9(10,11)12)6-7(2)8(14)15/h7H,3-6H2,1-2H3,(H,14,15). The molecule has 0 bridgehead atoms. The molecular weight excluding hydrogens is 211 g/mol. The van der Waals surface area contributed by atoms with Crippen LogP contribution < -0.4 is 0 Å². The number of nitrogens with zero attached hydrogens (tertiary/aromatic N) is 1. The molecule has 0 amide bonds. The van der Waals surface area contributed by atoms with Crippen molar-refractivity contribution in [3.05, 3.63) is 0 Å². The van der Waals surface area contributed by atoms with E-state index in [0.29, 0.717) is 6.54 Å². The van der Waals surface area contributed by atoms with Crippen LogP contribution in [0.3, 0.4) is 0 Å². The zero-order chi connectivity index (χ0) is 12.1. The van der Waals surface area contributed by atoms with Gasteiger partial charge in [-0.15, -0.1) is 0 Å². The predicted molar refractivity (Wildman–Crippen MR) is 49.6 cm³/mol. The van der Waals surface area contributed by atoms with Gasteiger partial charge in [-0.05, 0) is 6.54 Å². The number of carboxylic acid groups (broad SMARTS) is 1. The first-order valence-corrected chi connectivity index (χ1v) is 4.78. The second-order valence-corrected chi connectivity index (χ2v) is 3.50. The van der Waals surface area contributed by atoms with Crippen LogP contribution in [-0.2, 0) is 4.79 Å². The fourth-order valence-corrected chi connectivity index (χ4v) is 1.13. The SMILES string of the molecule is CCN(CCC(F)(F)F)CC(C)C(=O)O. The Balaban J connectivity index is 3.98. The molecule has 0 saturated carbocycles. The van der Waals surface area contributed by atoms with Crippen LogP contribution in [0.4, 0.5) is 13.2 Å². The highest BCUT2D eigenvalue weighted by Gasteiger charge is 2.28. The van der Waals surface area contributed by atoms with E-state index in [1.807, 2.05) is 0 Å². The average molecular weight is 227 g/mol.